The van der Waals surface area contributed by atoms with E-state index in [1.807, 2.05) is 54.4 Å². The first-order valence-corrected chi connectivity index (χ1v) is 10.1. The molecule has 134 valence electrons. The molecule has 0 atom stereocenters. The Balaban J connectivity index is 1.79. The number of hydrogen-bond acceptors (Lipinski definition) is 9. The van der Waals surface area contributed by atoms with E-state index in [1.54, 1.807) is 11.8 Å². The maximum absolute atomic E-state index is 12.7. The number of allylic oxidation sites excluding steroid dienone is 1. The normalized spacial score (nSPS) is 12.9. The summed E-state index contributed by atoms with van der Waals surface area (Å²) in [6.07, 6.45) is 1.94. The van der Waals surface area contributed by atoms with Crippen LogP contribution in [0.2, 0.25) is 0 Å². The summed E-state index contributed by atoms with van der Waals surface area (Å²) >= 11 is 2.72. The molecule has 0 unspecified atom stereocenters. The number of rotatable bonds is 6. The number of nitrogens with zero attached hydrogens (tertiary/aromatic N) is 5. The summed E-state index contributed by atoms with van der Waals surface area (Å²) in [6, 6.07) is 9.84. The lowest BCUT2D eigenvalue weighted by atomic mass is 10.2. The zero-order chi connectivity index (χ0) is 18.7. The molecule has 1 aliphatic rings. The van der Waals surface area contributed by atoms with Gasteiger partial charge in [0.1, 0.15) is 17.5 Å². The first kappa shape index (κ1) is 18.4. The molecule has 1 aliphatic heterocycles. The molecule has 9 heteroatoms. The van der Waals surface area contributed by atoms with Gasteiger partial charge in [-0.2, -0.15) is 17.0 Å². The van der Waals surface area contributed by atoms with Crippen molar-refractivity contribution in [1.29, 1.82) is 5.26 Å². The van der Waals surface area contributed by atoms with Gasteiger partial charge in [-0.05, 0) is 18.4 Å². The first-order valence-electron chi connectivity index (χ1n) is 7.75. The second-order valence-corrected chi connectivity index (χ2v) is 7.32. The van der Waals surface area contributed by atoms with Crippen molar-refractivity contribution in [2.45, 2.75) is 11.0 Å². The Labute approximate surface area is 160 Å². The number of fused-ring (bicyclic) bond motifs is 1. The van der Waals surface area contributed by atoms with E-state index in [2.05, 4.69) is 16.3 Å². The number of ketones is 1. The van der Waals surface area contributed by atoms with Crippen LogP contribution in [0, 0.1) is 11.3 Å². The second-order valence-electron chi connectivity index (χ2n) is 5.52. The van der Waals surface area contributed by atoms with Crippen LogP contribution < -0.4 is 9.80 Å². The topological polar surface area (TPSA) is 86.3 Å². The SMILES string of the molecule is CSCc1nnc(SCC(=O)C(C#N)=C2N(C)c3ccccc3N2C)o1. The quantitative estimate of drug-likeness (QED) is 0.422. The smallest absolute Gasteiger partial charge is 0.277 e. The number of Topliss-reactive ketones (excluding diaryl/α,β-unsaturated/α-hetero) is 1. The number of nitriles is 1. The van der Waals surface area contributed by atoms with Crippen molar-refractivity contribution in [3.63, 3.8) is 0 Å². The molecular weight excluding hydrogens is 370 g/mol. The van der Waals surface area contributed by atoms with E-state index in [1.165, 1.54) is 0 Å². The predicted molar refractivity (Wildman–Crippen MR) is 103 cm³/mol. The first-order chi connectivity index (χ1) is 12.6. The van der Waals surface area contributed by atoms with E-state index in [4.69, 9.17) is 4.42 Å². The van der Waals surface area contributed by atoms with Gasteiger partial charge in [0, 0.05) is 14.1 Å². The Morgan fingerprint density at radius 3 is 2.46 bits per heavy atom. The molecule has 0 aliphatic carbocycles. The van der Waals surface area contributed by atoms with Gasteiger partial charge >= 0.3 is 0 Å². The van der Waals surface area contributed by atoms with E-state index >= 15 is 0 Å². The van der Waals surface area contributed by atoms with Gasteiger partial charge in [-0.3, -0.25) is 4.79 Å². The molecule has 0 radical (unpaired) electrons. The van der Waals surface area contributed by atoms with E-state index in [-0.39, 0.29) is 17.1 Å². The Kier molecular flexibility index (Phi) is 5.54. The largest absolute Gasteiger partial charge is 0.415 e. The number of carbonyl (C=O) groups excluding carboxylic acids is 1. The van der Waals surface area contributed by atoms with Crippen LogP contribution in [-0.2, 0) is 10.5 Å². The molecule has 0 bridgehead atoms. The van der Waals surface area contributed by atoms with Crippen LogP contribution in [0.1, 0.15) is 5.89 Å². The minimum Gasteiger partial charge on any atom is -0.415 e. The van der Waals surface area contributed by atoms with Crippen LogP contribution >= 0.6 is 23.5 Å². The van der Waals surface area contributed by atoms with Gasteiger partial charge in [0.15, 0.2) is 5.78 Å². The van der Waals surface area contributed by atoms with Gasteiger partial charge in [0.25, 0.3) is 5.22 Å². The number of anilines is 2. The maximum Gasteiger partial charge on any atom is 0.277 e. The number of benzene rings is 1. The van der Waals surface area contributed by atoms with E-state index in [0.29, 0.717) is 22.7 Å². The molecule has 7 nitrogen and oxygen atoms in total. The van der Waals surface area contributed by atoms with Crippen LogP contribution in [0.4, 0.5) is 11.4 Å². The third kappa shape index (κ3) is 3.43. The van der Waals surface area contributed by atoms with Crippen molar-refractivity contribution in [3.05, 3.63) is 41.6 Å². The van der Waals surface area contributed by atoms with Crippen molar-refractivity contribution >= 4 is 40.7 Å². The highest BCUT2D eigenvalue weighted by molar-refractivity contribution is 7.99. The zero-order valence-electron chi connectivity index (χ0n) is 14.6. The fraction of sp³-hybridized carbons (Fsp3) is 0.294. The van der Waals surface area contributed by atoms with Gasteiger partial charge in [-0.1, -0.05) is 23.9 Å². The fourth-order valence-electron chi connectivity index (χ4n) is 2.73. The van der Waals surface area contributed by atoms with Crippen LogP contribution in [0.5, 0.6) is 0 Å². The summed E-state index contributed by atoms with van der Waals surface area (Å²) in [5.74, 6) is 1.52. The molecule has 26 heavy (non-hydrogen) atoms. The van der Waals surface area contributed by atoms with Crippen LogP contribution in [0.15, 0.2) is 45.3 Å². The summed E-state index contributed by atoms with van der Waals surface area (Å²) in [7, 11) is 3.70. The summed E-state index contributed by atoms with van der Waals surface area (Å²) < 4.78 is 5.45. The molecule has 0 N–H and O–H groups in total. The van der Waals surface area contributed by atoms with E-state index in [0.717, 1.165) is 23.1 Å². The van der Waals surface area contributed by atoms with Crippen LogP contribution in [-0.4, -0.2) is 42.1 Å². The van der Waals surface area contributed by atoms with Crippen molar-refractivity contribution in [2.24, 2.45) is 0 Å². The summed E-state index contributed by atoms with van der Waals surface area (Å²) in [4.78, 5) is 16.4. The molecule has 0 saturated heterocycles. The molecule has 2 aromatic rings. The van der Waals surface area contributed by atoms with E-state index < -0.39 is 0 Å². The lowest BCUT2D eigenvalue weighted by Gasteiger charge is -2.19. The lowest BCUT2D eigenvalue weighted by Crippen LogP contribution is -2.26. The number of carbonyl (C=O) groups is 1. The fourth-order valence-corrected chi connectivity index (χ4v) is 3.75. The minimum absolute atomic E-state index is 0.0608. The monoisotopic (exact) mass is 387 g/mol. The van der Waals surface area contributed by atoms with E-state index in [9.17, 15) is 10.1 Å². The molecule has 0 saturated carbocycles. The molecule has 1 aromatic carbocycles. The molecule has 0 fully saturated rings. The van der Waals surface area contributed by atoms with Gasteiger partial charge < -0.3 is 14.2 Å². The lowest BCUT2D eigenvalue weighted by molar-refractivity contribution is -0.112. The summed E-state index contributed by atoms with van der Waals surface area (Å²) in [6.45, 7) is 0. The number of para-hydroxylation sites is 2. The molecular formula is C17H17N5O2S2. The van der Waals surface area contributed by atoms with Gasteiger partial charge in [0.2, 0.25) is 5.89 Å². The van der Waals surface area contributed by atoms with Crippen molar-refractivity contribution in [2.75, 3.05) is 35.9 Å². The van der Waals surface area contributed by atoms with Crippen molar-refractivity contribution in [3.8, 4) is 6.07 Å². The number of aromatic nitrogens is 2. The molecule has 2 heterocycles. The summed E-state index contributed by atoms with van der Waals surface area (Å²) in [5, 5.41) is 17.8. The van der Waals surface area contributed by atoms with Crippen LogP contribution in [0.25, 0.3) is 0 Å². The highest BCUT2D eigenvalue weighted by Crippen LogP contribution is 2.40. The van der Waals surface area contributed by atoms with Gasteiger partial charge in [0.05, 0.1) is 22.9 Å². The Morgan fingerprint density at radius 1 is 1.23 bits per heavy atom. The van der Waals surface area contributed by atoms with Gasteiger partial charge in [-0.15, -0.1) is 10.2 Å². The predicted octanol–water partition coefficient (Wildman–Crippen LogP) is 2.92. The Hall–Kier alpha value is -2.44. The molecule has 1 aromatic heterocycles. The van der Waals surface area contributed by atoms with Crippen molar-refractivity contribution < 1.29 is 9.21 Å². The highest BCUT2D eigenvalue weighted by atomic mass is 32.2. The number of hydrogen-bond donors (Lipinski definition) is 0. The molecule has 0 spiro atoms. The third-order valence-electron chi connectivity index (χ3n) is 3.90. The standard InChI is InChI=1S/C17H17N5O2S2/c1-21-12-6-4-5-7-13(12)22(2)16(21)11(8-18)14(23)9-26-17-20-19-15(24-17)10-25-3/h4-7H,9-10H2,1-3H3. The molecule has 3 rings (SSSR count). The maximum atomic E-state index is 12.7. The highest BCUT2D eigenvalue weighted by Gasteiger charge is 2.31. The Morgan fingerprint density at radius 2 is 1.88 bits per heavy atom. The third-order valence-corrected chi connectivity index (χ3v) is 5.25. The second kappa shape index (κ2) is 7.85. The average Bonchev–Trinajstić information content (AvgIpc) is 3.19. The minimum atomic E-state index is -0.274. The number of thioether (sulfide) groups is 2. The zero-order valence-corrected chi connectivity index (χ0v) is 16.2. The Bertz CT molecular complexity index is 872. The van der Waals surface area contributed by atoms with Crippen molar-refractivity contribution in [1.82, 2.24) is 10.2 Å². The van der Waals surface area contributed by atoms with Gasteiger partial charge in [-0.25, -0.2) is 0 Å². The average molecular weight is 387 g/mol. The van der Waals surface area contributed by atoms with Crippen LogP contribution in [0.3, 0.4) is 0 Å². The molecule has 0 amide bonds. The summed E-state index contributed by atoms with van der Waals surface area (Å²) in [5.41, 5.74) is 2.02.